The third-order valence-corrected chi connectivity index (χ3v) is 4.08. The van der Waals surface area contributed by atoms with Crippen molar-refractivity contribution in [3.63, 3.8) is 0 Å². The van der Waals surface area contributed by atoms with Crippen LogP contribution in [0, 0.1) is 5.92 Å². The second-order valence-corrected chi connectivity index (χ2v) is 6.96. The van der Waals surface area contributed by atoms with E-state index in [4.69, 9.17) is 19.2 Å². The predicted octanol–water partition coefficient (Wildman–Crippen LogP) is 3.15. The lowest BCUT2D eigenvalue weighted by atomic mass is 10.1. The summed E-state index contributed by atoms with van der Waals surface area (Å²) in [7, 11) is 1.73. The lowest BCUT2D eigenvalue weighted by Gasteiger charge is -2.34. The Morgan fingerprint density at radius 2 is 1.88 bits per heavy atom. The Balaban J connectivity index is 0.00000625. The zero-order chi connectivity index (χ0) is 18.3. The average molecular weight is 485 g/mol. The van der Waals surface area contributed by atoms with E-state index in [-0.39, 0.29) is 24.0 Å². The standard InChI is InChI=1S/C19H39N3O3.HI/c1-5-20-19(21-10-6-14-24-16-17(2)3)22-11-8-18(9-12-22)25-15-7-13-23-4;/h17-18H,5-16H2,1-4H3,(H,20,21);1H. The van der Waals surface area contributed by atoms with E-state index in [0.29, 0.717) is 12.0 Å². The number of nitrogens with zero attached hydrogens (tertiary/aromatic N) is 2. The molecule has 1 N–H and O–H groups in total. The van der Waals surface area contributed by atoms with Gasteiger partial charge in [0.15, 0.2) is 5.96 Å². The van der Waals surface area contributed by atoms with E-state index in [9.17, 15) is 0 Å². The molecular weight excluding hydrogens is 445 g/mol. The zero-order valence-corrected chi connectivity index (χ0v) is 19.5. The van der Waals surface area contributed by atoms with Crippen LogP contribution in [-0.4, -0.2) is 76.7 Å². The number of hydrogen-bond donors (Lipinski definition) is 1. The molecule has 1 aliphatic rings. The summed E-state index contributed by atoms with van der Waals surface area (Å²) in [5, 5.41) is 3.41. The van der Waals surface area contributed by atoms with Crippen LogP contribution in [0.15, 0.2) is 4.99 Å². The number of likely N-dealkylation sites (tertiary alicyclic amines) is 1. The first-order valence-corrected chi connectivity index (χ1v) is 9.88. The fourth-order valence-corrected chi connectivity index (χ4v) is 2.78. The van der Waals surface area contributed by atoms with Gasteiger partial charge in [-0.2, -0.15) is 0 Å². The molecule has 0 radical (unpaired) electrons. The van der Waals surface area contributed by atoms with E-state index in [0.717, 1.165) is 84.2 Å². The molecule has 0 aromatic heterocycles. The first-order valence-electron chi connectivity index (χ1n) is 9.88. The Hall–Kier alpha value is -0.120. The van der Waals surface area contributed by atoms with Gasteiger partial charge in [0.1, 0.15) is 0 Å². The van der Waals surface area contributed by atoms with Gasteiger partial charge in [-0.15, -0.1) is 24.0 Å². The maximum atomic E-state index is 5.93. The molecule has 0 aromatic carbocycles. The molecule has 1 aliphatic heterocycles. The van der Waals surface area contributed by atoms with Crippen molar-refractivity contribution < 1.29 is 14.2 Å². The Kier molecular flexibility index (Phi) is 16.9. The zero-order valence-electron chi connectivity index (χ0n) is 17.2. The van der Waals surface area contributed by atoms with Crippen LogP contribution in [0.2, 0.25) is 0 Å². The van der Waals surface area contributed by atoms with Crippen molar-refractivity contribution in [2.75, 3.05) is 59.7 Å². The fourth-order valence-electron chi connectivity index (χ4n) is 2.78. The third kappa shape index (κ3) is 12.3. The molecule has 0 aliphatic carbocycles. The molecule has 0 unspecified atom stereocenters. The maximum absolute atomic E-state index is 5.93. The number of rotatable bonds is 12. The predicted molar refractivity (Wildman–Crippen MR) is 119 cm³/mol. The number of aliphatic imine (C=N–C) groups is 1. The molecular formula is C19H40IN3O3. The van der Waals surface area contributed by atoms with E-state index in [2.05, 4.69) is 31.0 Å². The van der Waals surface area contributed by atoms with Gasteiger partial charge in [0, 0.05) is 59.7 Å². The third-order valence-electron chi connectivity index (χ3n) is 4.08. The normalized spacial score (nSPS) is 16.0. The first-order chi connectivity index (χ1) is 12.2. The Morgan fingerprint density at radius 1 is 1.15 bits per heavy atom. The van der Waals surface area contributed by atoms with Crippen molar-refractivity contribution in [2.24, 2.45) is 10.9 Å². The quantitative estimate of drug-likeness (QED) is 0.199. The van der Waals surface area contributed by atoms with Gasteiger partial charge >= 0.3 is 0 Å². The Labute approximate surface area is 177 Å². The highest BCUT2D eigenvalue weighted by Crippen LogP contribution is 2.14. The van der Waals surface area contributed by atoms with Crippen LogP contribution in [0.4, 0.5) is 0 Å². The van der Waals surface area contributed by atoms with Crippen molar-refractivity contribution in [1.82, 2.24) is 10.2 Å². The highest BCUT2D eigenvalue weighted by Gasteiger charge is 2.21. The van der Waals surface area contributed by atoms with Crippen molar-refractivity contribution in [2.45, 2.75) is 52.6 Å². The smallest absolute Gasteiger partial charge is 0.193 e. The van der Waals surface area contributed by atoms with Gasteiger partial charge in [0.25, 0.3) is 0 Å². The van der Waals surface area contributed by atoms with Gasteiger partial charge in [0.2, 0.25) is 0 Å². The topological polar surface area (TPSA) is 55.3 Å². The van der Waals surface area contributed by atoms with E-state index >= 15 is 0 Å². The second kappa shape index (κ2) is 17.0. The fraction of sp³-hybridized carbons (Fsp3) is 0.947. The number of hydrogen-bond acceptors (Lipinski definition) is 4. The molecule has 1 rings (SSSR count). The summed E-state index contributed by atoms with van der Waals surface area (Å²) in [4.78, 5) is 7.11. The van der Waals surface area contributed by atoms with Gasteiger partial charge in [-0.25, -0.2) is 0 Å². The minimum Gasteiger partial charge on any atom is -0.385 e. The first kappa shape index (κ1) is 25.9. The van der Waals surface area contributed by atoms with Crippen LogP contribution in [0.3, 0.4) is 0 Å². The molecule has 6 nitrogen and oxygen atoms in total. The SMILES string of the molecule is CCNC(=NCCCOCC(C)C)N1CCC(OCCCOC)CC1.I. The molecule has 26 heavy (non-hydrogen) atoms. The number of guanidine groups is 1. The summed E-state index contributed by atoms with van der Waals surface area (Å²) in [6.45, 7) is 13.4. The van der Waals surface area contributed by atoms with E-state index in [1.165, 1.54) is 0 Å². The summed E-state index contributed by atoms with van der Waals surface area (Å²) < 4.78 is 16.6. The van der Waals surface area contributed by atoms with Gasteiger partial charge in [-0.1, -0.05) is 13.8 Å². The van der Waals surface area contributed by atoms with Crippen LogP contribution in [-0.2, 0) is 14.2 Å². The summed E-state index contributed by atoms with van der Waals surface area (Å²) >= 11 is 0. The molecule has 0 saturated carbocycles. The summed E-state index contributed by atoms with van der Waals surface area (Å²) in [5.74, 6) is 1.63. The van der Waals surface area contributed by atoms with Crippen LogP contribution < -0.4 is 5.32 Å². The van der Waals surface area contributed by atoms with Crippen LogP contribution in [0.25, 0.3) is 0 Å². The minimum absolute atomic E-state index is 0. The number of methoxy groups -OCH3 is 1. The Bertz CT molecular complexity index is 349. The van der Waals surface area contributed by atoms with Crippen molar-refractivity contribution in [1.29, 1.82) is 0 Å². The molecule has 7 heteroatoms. The van der Waals surface area contributed by atoms with E-state index in [1.807, 2.05) is 0 Å². The highest BCUT2D eigenvalue weighted by molar-refractivity contribution is 14.0. The molecule has 156 valence electrons. The summed E-state index contributed by atoms with van der Waals surface area (Å²) in [5.41, 5.74) is 0. The van der Waals surface area contributed by atoms with Crippen LogP contribution >= 0.6 is 24.0 Å². The van der Waals surface area contributed by atoms with Crippen molar-refractivity contribution in [3.8, 4) is 0 Å². The summed E-state index contributed by atoms with van der Waals surface area (Å²) in [6, 6.07) is 0. The molecule has 1 heterocycles. The lowest BCUT2D eigenvalue weighted by molar-refractivity contribution is 0.00990. The summed E-state index contributed by atoms with van der Waals surface area (Å²) in [6.07, 6.45) is 4.45. The number of nitrogens with one attached hydrogen (secondary N) is 1. The maximum Gasteiger partial charge on any atom is 0.193 e. The van der Waals surface area contributed by atoms with Gasteiger partial charge in [0.05, 0.1) is 6.10 Å². The van der Waals surface area contributed by atoms with Gasteiger partial charge < -0.3 is 24.4 Å². The van der Waals surface area contributed by atoms with Gasteiger partial charge in [-0.05, 0) is 38.5 Å². The molecule has 1 saturated heterocycles. The number of piperidine rings is 1. The molecule has 1 fully saturated rings. The number of ether oxygens (including phenoxy) is 3. The van der Waals surface area contributed by atoms with Crippen LogP contribution in [0.5, 0.6) is 0 Å². The van der Waals surface area contributed by atoms with Crippen molar-refractivity contribution >= 4 is 29.9 Å². The van der Waals surface area contributed by atoms with E-state index < -0.39 is 0 Å². The second-order valence-electron chi connectivity index (χ2n) is 6.96. The minimum atomic E-state index is 0. The van der Waals surface area contributed by atoms with Crippen molar-refractivity contribution in [3.05, 3.63) is 0 Å². The molecule has 0 aromatic rings. The molecule has 0 atom stereocenters. The average Bonchev–Trinajstić information content (AvgIpc) is 2.61. The molecule has 0 spiro atoms. The monoisotopic (exact) mass is 485 g/mol. The largest absolute Gasteiger partial charge is 0.385 e. The van der Waals surface area contributed by atoms with E-state index in [1.54, 1.807) is 7.11 Å². The van der Waals surface area contributed by atoms with Crippen LogP contribution in [0.1, 0.15) is 46.5 Å². The number of halogens is 1. The molecule has 0 bridgehead atoms. The van der Waals surface area contributed by atoms with Gasteiger partial charge in [-0.3, -0.25) is 4.99 Å². The Morgan fingerprint density at radius 3 is 2.50 bits per heavy atom. The lowest BCUT2D eigenvalue weighted by Crippen LogP contribution is -2.47. The molecule has 0 amide bonds. The highest BCUT2D eigenvalue weighted by atomic mass is 127.